The SMILES string of the molecule is Cc1cccc(-n2nnn(C)c2=O)c1C(=O)c1ccn(-c2ccccc2Cl)n1. The lowest BCUT2D eigenvalue weighted by Crippen LogP contribution is -2.24. The number of halogens is 1. The standard InChI is InChI=1S/C19H15ClN6O2/c1-12-6-5-9-16(26-19(28)24(2)22-23-26)17(12)18(27)14-10-11-25(21-14)15-8-4-3-7-13(15)20/h3-11H,1-2H3. The number of aryl methyl sites for hydroxylation is 2. The van der Waals surface area contributed by atoms with Crippen LogP contribution in [0.4, 0.5) is 0 Å². The first-order valence-corrected chi connectivity index (χ1v) is 8.79. The van der Waals surface area contributed by atoms with Crippen LogP contribution in [0, 0.1) is 6.92 Å². The van der Waals surface area contributed by atoms with Gasteiger partial charge in [0, 0.05) is 13.2 Å². The van der Waals surface area contributed by atoms with Gasteiger partial charge in [-0.05, 0) is 47.2 Å². The van der Waals surface area contributed by atoms with Crippen LogP contribution >= 0.6 is 11.6 Å². The maximum absolute atomic E-state index is 13.2. The average Bonchev–Trinajstić information content (AvgIpc) is 3.29. The molecule has 0 saturated carbocycles. The number of hydrogen-bond donors (Lipinski definition) is 0. The molecule has 0 unspecified atom stereocenters. The molecule has 0 N–H and O–H groups in total. The number of benzene rings is 2. The summed E-state index contributed by atoms with van der Waals surface area (Å²) in [6.45, 7) is 1.79. The second-order valence-corrected chi connectivity index (χ2v) is 6.60. The van der Waals surface area contributed by atoms with E-state index in [0.29, 0.717) is 27.5 Å². The van der Waals surface area contributed by atoms with Gasteiger partial charge in [0.05, 0.1) is 22.0 Å². The fraction of sp³-hybridized carbons (Fsp3) is 0.105. The van der Waals surface area contributed by atoms with Gasteiger partial charge in [0.2, 0.25) is 5.78 Å². The van der Waals surface area contributed by atoms with Crippen LogP contribution in [0.3, 0.4) is 0 Å². The number of nitrogens with zero attached hydrogens (tertiary/aromatic N) is 6. The van der Waals surface area contributed by atoms with E-state index in [0.717, 1.165) is 9.36 Å². The Labute approximate surface area is 164 Å². The maximum Gasteiger partial charge on any atom is 0.368 e. The van der Waals surface area contributed by atoms with Crippen LogP contribution in [0.5, 0.6) is 0 Å². The summed E-state index contributed by atoms with van der Waals surface area (Å²) in [5.74, 6) is -0.323. The molecule has 0 aliphatic carbocycles. The van der Waals surface area contributed by atoms with Crippen molar-refractivity contribution in [1.82, 2.24) is 29.6 Å². The Morgan fingerprint density at radius 2 is 1.75 bits per heavy atom. The molecule has 0 saturated heterocycles. The summed E-state index contributed by atoms with van der Waals surface area (Å²) >= 11 is 6.21. The van der Waals surface area contributed by atoms with E-state index >= 15 is 0 Å². The van der Waals surface area contributed by atoms with E-state index < -0.39 is 5.69 Å². The molecule has 4 rings (SSSR count). The lowest BCUT2D eigenvalue weighted by Gasteiger charge is -2.09. The predicted molar refractivity (Wildman–Crippen MR) is 103 cm³/mol. The average molecular weight is 395 g/mol. The highest BCUT2D eigenvalue weighted by atomic mass is 35.5. The first-order valence-electron chi connectivity index (χ1n) is 8.41. The zero-order chi connectivity index (χ0) is 19.8. The molecule has 0 aliphatic rings. The van der Waals surface area contributed by atoms with Gasteiger partial charge in [0.25, 0.3) is 0 Å². The Balaban J connectivity index is 1.81. The number of aromatic nitrogens is 6. The zero-order valence-corrected chi connectivity index (χ0v) is 15.8. The monoisotopic (exact) mass is 394 g/mol. The van der Waals surface area contributed by atoms with Gasteiger partial charge in [-0.3, -0.25) is 4.79 Å². The Kier molecular flexibility index (Phi) is 4.40. The van der Waals surface area contributed by atoms with Crippen molar-refractivity contribution in [3.05, 3.63) is 87.1 Å². The van der Waals surface area contributed by atoms with Crippen molar-refractivity contribution in [3.8, 4) is 11.4 Å². The highest BCUT2D eigenvalue weighted by molar-refractivity contribution is 6.32. The number of rotatable bonds is 4. The second-order valence-electron chi connectivity index (χ2n) is 6.19. The molecule has 9 heteroatoms. The van der Waals surface area contributed by atoms with Gasteiger partial charge in [-0.2, -0.15) is 14.5 Å². The molecule has 0 atom stereocenters. The Morgan fingerprint density at radius 1 is 1.00 bits per heavy atom. The Morgan fingerprint density at radius 3 is 2.46 bits per heavy atom. The molecule has 4 aromatic rings. The molecule has 0 radical (unpaired) electrons. The molecule has 2 aromatic carbocycles. The van der Waals surface area contributed by atoms with E-state index in [1.54, 1.807) is 48.1 Å². The van der Waals surface area contributed by atoms with Gasteiger partial charge in [-0.1, -0.05) is 35.9 Å². The number of para-hydroxylation sites is 1. The molecule has 8 nitrogen and oxygen atoms in total. The van der Waals surface area contributed by atoms with E-state index in [9.17, 15) is 9.59 Å². The van der Waals surface area contributed by atoms with Gasteiger partial charge >= 0.3 is 5.69 Å². The summed E-state index contributed by atoms with van der Waals surface area (Å²) in [5.41, 5.74) is 1.85. The van der Waals surface area contributed by atoms with Crippen LogP contribution in [-0.4, -0.2) is 35.4 Å². The fourth-order valence-corrected chi connectivity index (χ4v) is 3.16. The minimum absolute atomic E-state index is 0.229. The smallest absolute Gasteiger partial charge is 0.287 e. The molecule has 0 bridgehead atoms. The molecule has 0 amide bonds. The molecule has 0 aliphatic heterocycles. The van der Waals surface area contributed by atoms with Gasteiger partial charge in [-0.15, -0.1) is 0 Å². The summed E-state index contributed by atoms with van der Waals surface area (Å²) < 4.78 is 3.75. The van der Waals surface area contributed by atoms with Crippen LogP contribution in [0.15, 0.2) is 59.5 Å². The summed E-state index contributed by atoms with van der Waals surface area (Å²) in [7, 11) is 1.49. The quantitative estimate of drug-likeness (QED) is 0.496. The molecular weight excluding hydrogens is 380 g/mol. The van der Waals surface area contributed by atoms with Crippen molar-refractivity contribution in [3.63, 3.8) is 0 Å². The van der Waals surface area contributed by atoms with E-state index in [-0.39, 0.29) is 11.5 Å². The highest BCUT2D eigenvalue weighted by Gasteiger charge is 2.22. The van der Waals surface area contributed by atoms with Crippen LogP contribution in [0.2, 0.25) is 5.02 Å². The van der Waals surface area contributed by atoms with E-state index in [4.69, 9.17) is 11.6 Å². The summed E-state index contributed by atoms with van der Waals surface area (Å²) in [6.07, 6.45) is 1.67. The van der Waals surface area contributed by atoms with Crippen LogP contribution in [0.1, 0.15) is 21.6 Å². The molecule has 0 fully saturated rings. The maximum atomic E-state index is 13.2. The van der Waals surface area contributed by atoms with Gasteiger partial charge in [-0.25, -0.2) is 9.48 Å². The number of carbonyl (C=O) groups excluding carboxylic acids is 1. The first kappa shape index (κ1) is 17.9. The normalized spacial score (nSPS) is 11.0. The Bertz CT molecular complexity index is 1250. The summed E-state index contributed by atoms with van der Waals surface area (Å²) in [4.78, 5) is 25.5. The largest absolute Gasteiger partial charge is 0.368 e. The van der Waals surface area contributed by atoms with Gasteiger partial charge in [0.15, 0.2) is 0 Å². The minimum Gasteiger partial charge on any atom is -0.287 e. The Hall–Kier alpha value is -3.52. The molecule has 0 spiro atoms. The van der Waals surface area contributed by atoms with Crippen molar-refractivity contribution in [1.29, 1.82) is 0 Å². The number of carbonyl (C=O) groups is 1. The van der Waals surface area contributed by atoms with Crippen molar-refractivity contribution < 1.29 is 4.79 Å². The molecule has 140 valence electrons. The third kappa shape index (κ3) is 2.93. The van der Waals surface area contributed by atoms with Crippen molar-refractivity contribution in [2.75, 3.05) is 0 Å². The van der Waals surface area contributed by atoms with Gasteiger partial charge < -0.3 is 0 Å². The molecule has 2 heterocycles. The highest BCUT2D eigenvalue weighted by Crippen LogP contribution is 2.22. The number of ketones is 1. The fourth-order valence-electron chi connectivity index (χ4n) is 2.93. The summed E-state index contributed by atoms with van der Waals surface area (Å²) in [6, 6.07) is 14.0. The first-order chi connectivity index (χ1) is 13.5. The van der Waals surface area contributed by atoms with Crippen LogP contribution < -0.4 is 5.69 Å². The number of hydrogen-bond acceptors (Lipinski definition) is 5. The zero-order valence-electron chi connectivity index (χ0n) is 15.1. The third-order valence-corrected chi connectivity index (χ3v) is 4.67. The second kappa shape index (κ2) is 6.90. The molecular formula is C19H15ClN6O2. The van der Waals surface area contributed by atoms with Crippen LogP contribution in [0.25, 0.3) is 11.4 Å². The predicted octanol–water partition coefficient (Wildman–Crippen LogP) is 2.34. The van der Waals surface area contributed by atoms with E-state index in [2.05, 4.69) is 15.5 Å². The van der Waals surface area contributed by atoms with Crippen molar-refractivity contribution in [2.24, 2.45) is 7.05 Å². The van der Waals surface area contributed by atoms with Gasteiger partial charge in [0.1, 0.15) is 5.69 Å². The number of tetrazole rings is 1. The topological polar surface area (TPSA) is 87.6 Å². The molecule has 28 heavy (non-hydrogen) atoms. The molecule has 2 aromatic heterocycles. The van der Waals surface area contributed by atoms with E-state index in [1.807, 2.05) is 18.2 Å². The lowest BCUT2D eigenvalue weighted by atomic mass is 10.0. The minimum atomic E-state index is -0.443. The van der Waals surface area contributed by atoms with Crippen molar-refractivity contribution >= 4 is 17.4 Å². The third-order valence-electron chi connectivity index (χ3n) is 4.35. The van der Waals surface area contributed by atoms with Crippen LogP contribution in [-0.2, 0) is 7.05 Å². The lowest BCUT2D eigenvalue weighted by molar-refractivity contribution is 0.103. The van der Waals surface area contributed by atoms with E-state index in [1.165, 1.54) is 7.05 Å². The summed E-state index contributed by atoms with van der Waals surface area (Å²) in [5, 5.41) is 12.5. The van der Waals surface area contributed by atoms with Crippen molar-refractivity contribution in [2.45, 2.75) is 6.92 Å².